The molecule has 2 N–H and O–H groups in total. The van der Waals surface area contributed by atoms with E-state index in [0.29, 0.717) is 15.3 Å². The highest BCUT2D eigenvalue weighted by Crippen LogP contribution is 2.28. The van der Waals surface area contributed by atoms with Gasteiger partial charge in [-0.25, -0.2) is 17.8 Å². The van der Waals surface area contributed by atoms with Gasteiger partial charge in [0.25, 0.3) is 0 Å². The Morgan fingerprint density at radius 2 is 2.19 bits per heavy atom. The van der Waals surface area contributed by atoms with E-state index < -0.39 is 15.7 Å². The number of rotatable bonds is 2. The van der Waals surface area contributed by atoms with Gasteiger partial charge in [0.15, 0.2) is 15.0 Å². The normalized spacial score (nSPS) is 12.1. The number of nitrogens with two attached hydrogens (primary N) is 1. The fraction of sp³-hybridized carbons (Fsp3) is 0.222. The highest BCUT2D eigenvalue weighted by atomic mass is 32.2. The van der Waals surface area contributed by atoms with Crippen molar-refractivity contribution in [2.24, 2.45) is 0 Å². The Kier molecular flexibility index (Phi) is 2.59. The summed E-state index contributed by atoms with van der Waals surface area (Å²) in [6.07, 6.45) is 0. The number of fused-ring (bicyclic) bond motifs is 1. The third-order valence-electron chi connectivity index (χ3n) is 2.17. The standard InChI is InChI=1S/C9H9FN2O2S2/c1-2-16(13,14)8-4-7-6(3-5(8)10)12-9(11)15-7/h3-4H,2H2,1H3,(H2,11,12). The number of hydrogen-bond acceptors (Lipinski definition) is 5. The second kappa shape index (κ2) is 3.67. The molecular formula is C9H9FN2O2S2. The van der Waals surface area contributed by atoms with Crippen LogP contribution in [0.2, 0.25) is 0 Å². The first-order valence-corrected chi connectivity index (χ1v) is 6.99. The Morgan fingerprint density at radius 3 is 2.81 bits per heavy atom. The second-order valence-corrected chi connectivity index (χ2v) is 6.51. The molecule has 0 unspecified atom stereocenters. The smallest absolute Gasteiger partial charge is 0.181 e. The highest BCUT2D eigenvalue weighted by molar-refractivity contribution is 7.91. The number of benzene rings is 1. The lowest BCUT2D eigenvalue weighted by molar-refractivity contribution is 0.569. The average molecular weight is 260 g/mol. The molecule has 1 heterocycles. The van der Waals surface area contributed by atoms with Crippen LogP contribution in [-0.4, -0.2) is 19.2 Å². The van der Waals surface area contributed by atoms with E-state index in [-0.39, 0.29) is 10.6 Å². The van der Waals surface area contributed by atoms with Gasteiger partial charge in [0.1, 0.15) is 10.7 Å². The Bertz CT molecular complexity index is 649. The molecule has 0 radical (unpaired) electrons. The van der Waals surface area contributed by atoms with Crippen molar-refractivity contribution in [1.82, 2.24) is 4.98 Å². The summed E-state index contributed by atoms with van der Waals surface area (Å²) in [6, 6.07) is 2.39. The van der Waals surface area contributed by atoms with Crippen LogP contribution in [0.25, 0.3) is 10.2 Å². The molecule has 0 aliphatic carbocycles. The molecule has 0 amide bonds. The predicted octanol–water partition coefficient (Wildman–Crippen LogP) is 1.81. The van der Waals surface area contributed by atoms with Gasteiger partial charge in [0.05, 0.1) is 16.0 Å². The summed E-state index contributed by atoms with van der Waals surface area (Å²) in [6.45, 7) is 1.47. The van der Waals surface area contributed by atoms with E-state index in [2.05, 4.69) is 4.98 Å². The Labute approximate surface area is 95.8 Å². The quantitative estimate of drug-likeness (QED) is 0.893. The van der Waals surface area contributed by atoms with Gasteiger partial charge < -0.3 is 5.73 Å². The van der Waals surface area contributed by atoms with Gasteiger partial charge in [0.2, 0.25) is 0 Å². The Hall–Kier alpha value is -1.21. The first-order chi connectivity index (χ1) is 7.44. The molecule has 0 spiro atoms. The van der Waals surface area contributed by atoms with Crippen molar-refractivity contribution in [2.75, 3.05) is 11.5 Å². The molecule has 16 heavy (non-hydrogen) atoms. The SMILES string of the molecule is CCS(=O)(=O)c1cc2sc(N)nc2cc1F. The number of thiazole rings is 1. The maximum absolute atomic E-state index is 13.6. The van der Waals surface area contributed by atoms with Crippen LogP contribution in [-0.2, 0) is 9.84 Å². The maximum atomic E-state index is 13.6. The van der Waals surface area contributed by atoms with Crippen molar-refractivity contribution in [3.8, 4) is 0 Å². The number of nitrogen functional groups attached to an aromatic ring is 1. The topological polar surface area (TPSA) is 73.0 Å². The number of sulfone groups is 1. The van der Waals surface area contributed by atoms with Crippen LogP contribution in [0, 0.1) is 5.82 Å². The van der Waals surface area contributed by atoms with Crippen LogP contribution in [0.3, 0.4) is 0 Å². The number of halogens is 1. The molecule has 0 saturated heterocycles. The van der Waals surface area contributed by atoms with E-state index in [4.69, 9.17) is 5.73 Å². The molecule has 1 aromatic carbocycles. The van der Waals surface area contributed by atoms with Crippen LogP contribution in [0.4, 0.5) is 9.52 Å². The summed E-state index contributed by atoms with van der Waals surface area (Å²) in [5.41, 5.74) is 5.85. The van der Waals surface area contributed by atoms with E-state index in [1.54, 1.807) is 0 Å². The molecule has 0 atom stereocenters. The molecule has 0 bridgehead atoms. The minimum atomic E-state index is -3.55. The zero-order valence-corrected chi connectivity index (χ0v) is 10.0. The molecule has 4 nitrogen and oxygen atoms in total. The van der Waals surface area contributed by atoms with E-state index in [1.165, 1.54) is 13.0 Å². The largest absolute Gasteiger partial charge is 0.375 e. The Balaban J connectivity index is 2.76. The van der Waals surface area contributed by atoms with Crippen molar-refractivity contribution < 1.29 is 12.8 Å². The first kappa shape index (κ1) is 11.3. The fourth-order valence-corrected chi connectivity index (χ4v) is 3.14. The zero-order valence-electron chi connectivity index (χ0n) is 8.40. The molecule has 2 aromatic rings. The van der Waals surface area contributed by atoms with Crippen LogP contribution in [0.15, 0.2) is 17.0 Å². The minimum absolute atomic E-state index is 0.135. The van der Waals surface area contributed by atoms with Crippen LogP contribution < -0.4 is 5.73 Å². The summed E-state index contributed by atoms with van der Waals surface area (Å²) in [4.78, 5) is 3.60. The van der Waals surface area contributed by atoms with Crippen LogP contribution in [0.1, 0.15) is 6.92 Å². The van der Waals surface area contributed by atoms with Gasteiger partial charge in [-0.05, 0) is 6.07 Å². The van der Waals surface area contributed by atoms with E-state index in [9.17, 15) is 12.8 Å². The van der Waals surface area contributed by atoms with Crippen molar-refractivity contribution in [2.45, 2.75) is 11.8 Å². The summed E-state index contributed by atoms with van der Waals surface area (Å²) in [5, 5.41) is 0.292. The molecule has 2 rings (SSSR count). The number of nitrogens with zero attached hydrogens (tertiary/aromatic N) is 1. The fourth-order valence-electron chi connectivity index (χ4n) is 1.34. The number of hydrogen-bond donors (Lipinski definition) is 1. The molecule has 0 fully saturated rings. The Morgan fingerprint density at radius 1 is 1.50 bits per heavy atom. The lowest BCUT2D eigenvalue weighted by Gasteiger charge is -2.02. The summed E-state index contributed by atoms with van der Waals surface area (Å²) >= 11 is 1.14. The molecule has 1 aromatic heterocycles. The third kappa shape index (κ3) is 1.76. The van der Waals surface area contributed by atoms with Crippen molar-refractivity contribution in [1.29, 1.82) is 0 Å². The lowest BCUT2D eigenvalue weighted by atomic mass is 10.3. The summed E-state index contributed by atoms with van der Waals surface area (Å²) in [7, 11) is -3.55. The van der Waals surface area contributed by atoms with Gasteiger partial charge in [-0.3, -0.25) is 0 Å². The van der Waals surface area contributed by atoms with Gasteiger partial charge in [-0.15, -0.1) is 0 Å². The van der Waals surface area contributed by atoms with E-state index in [1.807, 2.05) is 0 Å². The average Bonchev–Trinajstić information content (AvgIpc) is 2.56. The highest BCUT2D eigenvalue weighted by Gasteiger charge is 2.19. The summed E-state index contributed by atoms with van der Waals surface area (Å²) < 4.78 is 37.3. The summed E-state index contributed by atoms with van der Waals surface area (Å²) in [5.74, 6) is -0.913. The first-order valence-electron chi connectivity index (χ1n) is 4.52. The van der Waals surface area contributed by atoms with Crippen molar-refractivity contribution >= 4 is 36.5 Å². The molecular weight excluding hydrogens is 251 g/mol. The van der Waals surface area contributed by atoms with Gasteiger partial charge in [0, 0.05) is 6.07 Å². The predicted molar refractivity (Wildman–Crippen MR) is 61.7 cm³/mol. The minimum Gasteiger partial charge on any atom is -0.375 e. The maximum Gasteiger partial charge on any atom is 0.181 e. The number of anilines is 1. The van der Waals surface area contributed by atoms with Gasteiger partial charge >= 0.3 is 0 Å². The molecule has 0 aliphatic heterocycles. The van der Waals surface area contributed by atoms with Gasteiger partial charge in [-0.1, -0.05) is 18.3 Å². The van der Waals surface area contributed by atoms with Crippen molar-refractivity contribution in [3.05, 3.63) is 17.9 Å². The third-order valence-corrected chi connectivity index (χ3v) is 4.76. The second-order valence-electron chi connectivity index (χ2n) is 3.21. The van der Waals surface area contributed by atoms with Crippen molar-refractivity contribution in [3.63, 3.8) is 0 Å². The lowest BCUT2D eigenvalue weighted by Crippen LogP contribution is -2.06. The number of aromatic nitrogens is 1. The van der Waals surface area contributed by atoms with Crippen LogP contribution in [0.5, 0.6) is 0 Å². The molecule has 0 aliphatic rings. The van der Waals surface area contributed by atoms with Gasteiger partial charge in [-0.2, -0.15) is 0 Å². The monoisotopic (exact) mass is 260 g/mol. The molecule has 0 saturated carbocycles. The molecule has 86 valence electrons. The van der Waals surface area contributed by atoms with Crippen LogP contribution >= 0.6 is 11.3 Å². The van der Waals surface area contributed by atoms with E-state index in [0.717, 1.165) is 17.4 Å². The van der Waals surface area contributed by atoms with E-state index >= 15 is 0 Å². The zero-order chi connectivity index (χ0) is 11.9. The molecule has 7 heteroatoms.